The summed E-state index contributed by atoms with van der Waals surface area (Å²) in [4.78, 5) is 55.5. The Kier molecular flexibility index (Phi) is 10.7. The van der Waals surface area contributed by atoms with Gasteiger partial charge in [0.25, 0.3) is 5.91 Å². The maximum atomic E-state index is 13.2. The lowest BCUT2D eigenvalue weighted by Crippen LogP contribution is -2.36. The third kappa shape index (κ3) is 9.46. The minimum Gasteiger partial charge on any atom is -0.454 e. The highest BCUT2D eigenvalue weighted by Crippen LogP contribution is 2.26. The summed E-state index contributed by atoms with van der Waals surface area (Å²) >= 11 is 12.2. The van der Waals surface area contributed by atoms with Gasteiger partial charge in [-0.15, -0.1) is 0 Å². The SMILES string of the molecule is CN(C)CCN(C)C(=O)c1ccc(N(Cc2ccc(Cl)c(Cl)c2)C(=O)CC(=O)C(=O)OC(C)(C)C)cc1. The number of ketones is 1. The zero-order valence-corrected chi connectivity index (χ0v) is 23.5. The first-order valence-corrected chi connectivity index (χ1v) is 12.4. The number of ether oxygens (including phenoxy) is 1. The Bertz CT molecular complexity index is 1140. The molecule has 0 aliphatic carbocycles. The number of Topliss-reactive ketones (excluding diaryl/α,β-unsaturated/α-hetero) is 1. The maximum Gasteiger partial charge on any atom is 0.375 e. The van der Waals surface area contributed by atoms with Crippen LogP contribution in [-0.2, 0) is 25.7 Å². The van der Waals surface area contributed by atoms with Crippen molar-refractivity contribution in [2.45, 2.75) is 39.3 Å². The van der Waals surface area contributed by atoms with Crippen molar-refractivity contribution >= 4 is 52.5 Å². The Hall–Kier alpha value is -2.94. The van der Waals surface area contributed by atoms with Gasteiger partial charge in [0.1, 0.15) is 5.60 Å². The zero-order chi connectivity index (χ0) is 27.9. The highest BCUT2D eigenvalue weighted by Gasteiger charge is 2.28. The zero-order valence-electron chi connectivity index (χ0n) is 22.0. The number of amides is 2. The molecule has 0 aromatic heterocycles. The molecule has 10 heteroatoms. The third-order valence-electron chi connectivity index (χ3n) is 5.22. The van der Waals surface area contributed by atoms with E-state index < -0.39 is 29.7 Å². The summed E-state index contributed by atoms with van der Waals surface area (Å²) in [6.07, 6.45) is -0.676. The van der Waals surface area contributed by atoms with Gasteiger partial charge in [-0.3, -0.25) is 14.4 Å². The topological polar surface area (TPSA) is 87.2 Å². The minimum absolute atomic E-state index is 0.0628. The molecular formula is C27H33Cl2N3O5. The lowest BCUT2D eigenvalue weighted by Gasteiger charge is -2.24. The molecule has 0 unspecified atom stereocenters. The molecule has 0 fully saturated rings. The molecule has 37 heavy (non-hydrogen) atoms. The van der Waals surface area contributed by atoms with E-state index in [0.717, 1.165) is 6.54 Å². The quantitative estimate of drug-likeness (QED) is 0.247. The second-order valence-corrected chi connectivity index (χ2v) is 10.7. The van der Waals surface area contributed by atoms with Crippen LogP contribution < -0.4 is 4.90 Å². The third-order valence-corrected chi connectivity index (χ3v) is 5.96. The normalized spacial score (nSPS) is 11.3. The molecule has 2 rings (SSSR count). The summed E-state index contributed by atoms with van der Waals surface area (Å²) in [5.74, 6) is -2.79. The summed E-state index contributed by atoms with van der Waals surface area (Å²) in [6.45, 7) is 6.25. The molecule has 0 heterocycles. The van der Waals surface area contributed by atoms with E-state index in [1.807, 2.05) is 19.0 Å². The van der Waals surface area contributed by atoms with Crippen molar-refractivity contribution in [2.24, 2.45) is 0 Å². The Morgan fingerprint density at radius 3 is 2.03 bits per heavy atom. The number of likely N-dealkylation sites (N-methyl/N-ethyl adjacent to an activating group) is 2. The van der Waals surface area contributed by atoms with Crippen molar-refractivity contribution in [3.8, 4) is 0 Å². The lowest BCUT2D eigenvalue weighted by molar-refractivity contribution is -0.163. The molecule has 8 nitrogen and oxygen atoms in total. The van der Waals surface area contributed by atoms with Crippen molar-refractivity contribution in [1.82, 2.24) is 9.80 Å². The van der Waals surface area contributed by atoms with Gasteiger partial charge in [-0.2, -0.15) is 0 Å². The number of anilines is 1. The van der Waals surface area contributed by atoms with Crippen LogP contribution in [0.2, 0.25) is 10.0 Å². The van der Waals surface area contributed by atoms with E-state index in [9.17, 15) is 19.2 Å². The van der Waals surface area contributed by atoms with E-state index in [0.29, 0.717) is 33.4 Å². The molecule has 0 saturated heterocycles. The predicted octanol–water partition coefficient (Wildman–Crippen LogP) is 4.46. The number of halogens is 2. The summed E-state index contributed by atoms with van der Waals surface area (Å²) in [5.41, 5.74) is 0.700. The smallest absolute Gasteiger partial charge is 0.375 e. The highest BCUT2D eigenvalue weighted by molar-refractivity contribution is 6.42. The number of carbonyl (C=O) groups excluding carboxylic acids is 4. The number of carbonyl (C=O) groups is 4. The molecule has 2 aromatic rings. The summed E-state index contributed by atoms with van der Waals surface area (Å²) in [5, 5.41) is 0.683. The van der Waals surface area contributed by atoms with Crippen LogP contribution >= 0.6 is 23.2 Å². The first kappa shape index (κ1) is 30.3. The van der Waals surface area contributed by atoms with E-state index >= 15 is 0 Å². The van der Waals surface area contributed by atoms with E-state index in [-0.39, 0.29) is 12.5 Å². The largest absolute Gasteiger partial charge is 0.454 e. The Labute approximate surface area is 228 Å². The van der Waals surface area contributed by atoms with Crippen LogP contribution in [0.3, 0.4) is 0 Å². The summed E-state index contributed by atoms with van der Waals surface area (Å²) < 4.78 is 5.10. The van der Waals surface area contributed by atoms with Gasteiger partial charge in [0, 0.05) is 31.4 Å². The van der Waals surface area contributed by atoms with Crippen LogP contribution in [0.5, 0.6) is 0 Å². The maximum absolute atomic E-state index is 13.2. The van der Waals surface area contributed by atoms with Crippen molar-refractivity contribution < 1.29 is 23.9 Å². The first-order chi connectivity index (χ1) is 17.2. The van der Waals surface area contributed by atoms with E-state index in [1.165, 1.54) is 4.90 Å². The van der Waals surface area contributed by atoms with Gasteiger partial charge in [0.2, 0.25) is 11.7 Å². The molecule has 200 valence electrons. The summed E-state index contributed by atoms with van der Waals surface area (Å²) in [6, 6.07) is 11.4. The molecule has 0 radical (unpaired) electrons. The van der Waals surface area contributed by atoms with E-state index in [4.69, 9.17) is 27.9 Å². The van der Waals surface area contributed by atoms with Crippen molar-refractivity contribution in [1.29, 1.82) is 0 Å². The second kappa shape index (κ2) is 13.0. The molecular weight excluding hydrogens is 517 g/mol. The standard InChI is InChI=1S/C27H33Cl2N3O5/c1-27(2,3)37-26(36)23(33)16-24(34)32(17-18-7-12-21(28)22(29)15-18)20-10-8-19(9-11-20)25(35)31(6)14-13-30(4)5/h7-12,15H,13-14,16-17H2,1-6H3. The fourth-order valence-corrected chi connectivity index (χ4v) is 3.56. The number of esters is 1. The highest BCUT2D eigenvalue weighted by atomic mass is 35.5. The number of benzene rings is 2. The van der Waals surface area contributed by atoms with Crippen LogP contribution in [0.15, 0.2) is 42.5 Å². The molecule has 0 spiro atoms. The Morgan fingerprint density at radius 1 is 0.865 bits per heavy atom. The number of nitrogens with zero attached hydrogens (tertiary/aromatic N) is 3. The molecule has 0 aliphatic heterocycles. The van der Waals surface area contributed by atoms with Crippen LogP contribution in [0.25, 0.3) is 0 Å². The van der Waals surface area contributed by atoms with Crippen molar-refractivity contribution in [3.05, 3.63) is 63.6 Å². The van der Waals surface area contributed by atoms with Crippen LogP contribution in [0.1, 0.15) is 43.1 Å². The van der Waals surface area contributed by atoms with Crippen LogP contribution in [0.4, 0.5) is 5.69 Å². The molecule has 0 N–H and O–H groups in total. The fraction of sp³-hybridized carbons (Fsp3) is 0.407. The number of rotatable bonds is 10. The average molecular weight is 550 g/mol. The summed E-state index contributed by atoms with van der Waals surface area (Å²) in [7, 11) is 5.59. The Balaban J connectivity index is 2.29. The molecule has 0 atom stereocenters. The Morgan fingerprint density at radius 2 is 1.49 bits per heavy atom. The van der Waals surface area contributed by atoms with Gasteiger partial charge in [0.05, 0.1) is 23.0 Å². The molecule has 0 aliphatic rings. The van der Waals surface area contributed by atoms with Crippen molar-refractivity contribution in [3.63, 3.8) is 0 Å². The molecule has 0 bridgehead atoms. The van der Waals surface area contributed by atoms with E-state index in [1.54, 1.807) is 75.2 Å². The first-order valence-electron chi connectivity index (χ1n) is 11.7. The average Bonchev–Trinajstić information content (AvgIpc) is 2.81. The van der Waals surface area contributed by atoms with Gasteiger partial charge in [-0.05, 0) is 76.8 Å². The van der Waals surface area contributed by atoms with Gasteiger partial charge in [0.15, 0.2) is 0 Å². The predicted molar refractivity (Wildman–Crippen MR) is 145 cm³/mol. The monoisotopic (exact) mass is 549 g/mol. The van der Waals surface area contributed by atoms with E-state index in [2.05, 4.69) is 0 Å². The molecule has 0 saturated carbocycles. The van der Waals surface area contributed by atoms with Crippen LogP contribution in [0, 0.1) is 0 Å². The van der Waals surface area contributed by atoms with Gasteiger partial charge >= 0.3 is 5.97 Å². The van der Waals surface area contributed by atoms with Crippen molar-refractivity contribution in [2.75, 3.05) is 39.1 Å². The van der Waals surface area contributed by atoms with Crippen LogP contribution in [-0.4, -0.2) is 73.2 Å². The fourth-order valence-electron chi connectivity index (χ4n) is 3.24. The minimum atomic E-state index is -1.07. The number of hydrogen-bond acceptors (Lipinski definition) is 6. The molecule has 2 aromatic carbocycles. The number of hydrogen-bond donors (Lipinski definition) is 0. The second-order valence-electron chi connectivity index (χ2n) is 9.91. The van der Waals surface area contributed by atoms with Gasteiger partial charge in [-0.25, -0.2) is 4.79 Å². The van der Waals surface area contributed by atoms with Gasteiger partial charge in [-0.1, -0.05) is 29.3 Å². The van der Waals surface area contributed by atoms with Gasteiger partial charge < -0.3 is 19.4 Å². The molecule has 2 amide bonds. The lowest BCUT2D eigenvalue weighted by atomic mass is 10.1.